The fraction of sp³-hybridized carbons (Fsp3) is 0.261. The van der Waals surface area contributed by atoms with E-state index in [0.29, 0.717) is 51.5 Å². The van der Waals surface area contributed by atoms with Crippen molar-refractivity contribution in [1.82, 2.24) is 19.4 Å². The molecule has 10 heteroatoms. The van der Waals surface area contributed by atoms with Gasteiger partial charge in [0.15, 0.2) is 0 Å². The standard InChI is InChI=1S/C23H20F2N4O4/c1-13-21(14(2)29(27-13)23(24)25)18-10-26-28-6-3-15(9-19(18)28)17-5-8-32-12-20(17)33-22(30)16-4-7-31-11-16/h3-4,6-7,9-11,23H,5,8,12H2,1-2H3. The van der Waals surface area contributed by atoms with Gasteiger partial charge in [-0.15, -0.1) is 0 Å². The van der Waals surface area contributed by atoms with Crippen LogP contribution in [0.2, 0.25) is 0 Å². The predicted molar refractivity (Wildman–Crippen MR) is 114 cm³/mol. The van der Waals surface area contributed by atoms with Crippen molar-refractivity contribution in [3.63, 3.8) is 0 Å². The summed E-state index contributed by atoms with van der Waals surface area (Å²) in [7, 11) is 0. The zero-order valence-corrected chi connectivity index (χ0v) is 17.9. The van der Waals surface area contributed by atoms with Crippen LogP contribution in [0.25, 0.3) is 22.2 Å². The lowest BCUT2D eigenvalue weighted by molar-refractivity contribution is 0.0499. The highest BCUT2D eigenvalue weighted by atomic mass is 19.3. The highest BCUT2D eigenvalue weighted by Crippen LogP contribution is 2.35. The third-order valence-corrected chi connectivity index (χ3v) is 5.69. The van der Waals surface area contributed by atoms with Crippen molar-refractivity contribution in [1.29, 1.82) is 0 Å². The zero-order valence-electron chi connectivity index (χ0n) is 17.9. The van der Waals surface area contributed by atoms with Crippen LogP contribution in [-0.4, -0.2) is 38.6 Å². The summed E-state index contributed by atoms with van der Waals surface area (Å²) in [4.78, 5) is 12.4. The summed E-state index contributed by atoms with van der Waals surface area (Å²) in [5, 5.41) is 8.37. The molecule has 33 heavy (non-hydrogen) atoms. The Hall–Kier alpha value is -3.79. The third kappa shape index (κ3) is 3.72. The van der Waals surface area contributed by atoms with Crippen LogP contribution in [-0.2, 0) is 9.47 Å². The maximum absolute atomic E-state index is 13.3. The predicted octanol–water partition coefficient (Wildman–Crippen LogP) is 4.79. The molecule has 0 unspecified atom stereocenters. The highest BCUT2D eigenvalue weighted by molar-refractivity contribution is 5.91. The van der Waals surface area contributed by atoms with Crippen molar-refractivity contribution >= 4 is 17.1 Å². The van der Waals surface area contributed by atoms with Crippen LogP contribution in [0.3, 0.4) is 0 Å². The van der Waals surface area contributed by atoms with Gasteiger partial charge in [0, 0.05) is 28.6 Å². The SMILES string of the molecule is Cc1nn(C(F)F)c(C)c1-c1cnn2ccc(C3=C(OC(=O)c4ccoc4)COCC3)cc12. The van der Waals surface area contributed by atoms with Crippen LogP contribution in [0.4, 0.5) is 8.78 Å². The Kier molecular flexibility index (Phi) is 5.29. The molecule has 8 nitrogen and oxygen atoms in total. The first-order chi connectivity index (χ1) is 15.9. The molecule has 1 aliphatic heterocycles. The van der Waals surface area contributed by atoms with E-state index in [9.17, 15) is 13.6 Å². The highest BCUT2D eigenvalue weighted by Gasteiger charge is 2.23. The van der Waals surface area contributed by atoms with E-state index in [1.54, 1.807) is 30.8 Å². The quantitative estimate of drug-likeness (QED) is 0.403. The van der Waals surface area contributed by atoms with E-state index in [2.05, 4.69) is 10.2 Å². The Bertz CT molecular complexity index is 1370. The van der Waals surface area contributed by atoms with Crippen LogP contribution in [0, 0.1) is 13.8 Å². The average Bonchev–Trinajstić information content (AvgIpc) is 3.53. The van der Waals surface area contributed by atoms with Gasteiger partial charge in [-0.3, -0.25) is 0 Å². The molecular formula is C23H20F2N4O4. The summed E-state index contributed by atoms with van der Waals surface area (Å²) in [5.41, 5.74) is 4.88. The number of carbonyl (C=O) groups excluding carboxylic acids is 1. The molecule has 5 heterocycles. The summed E-state index contributed by atoms with van der Waals surface area (Å²) in [6, 6.07) is 5.31. The summed E-state index contributed by atoms with van der Waals surface area (Å²) >= 11 is 0. The van der Waals surface area contributed by atoms with E-state index in [-0.39, 0.29) is 6.61 Å². The number of furan rings is 1. The largest absolute Gasteiger partial charge is 0.472 e. The van der Waals surface area contributed by atoms with E-state index in [0.717, 1.165) is 16.7 Å². The van der Waals surface area contributed by atoms with E-state index in [4.69, 9.17) is 13.9 Å². The molecule has 0 aliphatic carbocycles. The number of esters is 1. The van der Waals surface area contributed by atoms with Crippen molar-refractivity contribution in [2.24, 2.45) is 0 Å². The number of aromatic nitrogens is 4. The van der Waals surface area contributed by atoms with Crippen molar-refractivity contribution in [2.45, 2.75) is 26.8 Å². The third-order valence-electron chi connectivity index (χ3n) is 5.69. The van der Waals surface area contributed by atoms with Gasteiger partial charge in [-0.05, 0) is 44.0 Å². The van der Waals surface area contributed by atoms with Gasteiger partial charge in [0.25, 0.3) is 0 Å². The molecule has 0 radical (unpaired) electrons. The number of fused-ring (bicyclic) bond motifs is 1. The van der Waals surface area contributed by atoms with Gasteiger partial charge in [-0.1, -0.05) is 0 Å². The second kappa shape index (κ2) is 8.28. The number of rotatable bonds is 5. The minimum Gasteiger partial charge on any atom is -0.472 e. The fourth-order valence-corrected chi connectivity index (χ4v) is 4.12. The molecule has 0 aromatic carbocycles. The first-order valence-corrected chi connectivity index (χ1v) is 10.3. The molecule has 170 valence electrons. The molecule has 0 atom stereocenters. The maximum atomic E-state index is 13.3. The molecule has 0 spiro atoms. The molecule has 0 amide bonds. The van der Waals surface area contributed by atoms with Gasteiger partial charge in [-0.25, -0.2) is 14.0 Å². The molecule has 0 bridgehead atoms. The zero-order chi connectivity index (χ0) is 23.1. The number of alkyl halides is 2. The van der Waals surface area contributed by atoms with Crippen LogP contribution in [0.5, 0.6) is 0 Å². The fourth-order valence-electron chi connectivity index (χ4n) is 4.12. The number of hydrogen-bond acceptors (Lipinski definition) is 6. The molecular weight excluding hydrogens is 434 g/mol. The lowest BCUT2D eigenvalue weighted by Crippen LogP contribution is -2.16. The van der Waals surface area contributed by atoms with E-state index in [1.807, 2.05) is 12.1 Å². The van der Waals surface area contributed by atoms with Gasteiger partial charge in [0.05, 0.1) is 35.8 Å². The number of ether oxygens (including phenoxy) is 2. The summed E-state index contributed by atoms with van der Waals surface area (Å²) in [6.07, 6.45) is 6.70. The number of carbonyl (C=O) groups is 1. The van der Waals surface area contributed by atoms with Gasteiger partial charge in [0.2, 0.25) is 0 Å². The molecule has 0 N–H and O–H groups in total. The summed E-state index contributed by atoms with van der Waals surface area (Å²) in [5.74, 6) is -0.103. The van der Waals surface area contributed by atoms with Crippen LogP contribution in [0.15, 0.2) is 53.3 Å². The normalized spacial score (nSPS) is 14.5. The minimum atomic E-state index is -2.73. The van der Waals surface area contributed by atoms with E-state index < -0.39 is 12.5 Å². The minimum absolute atomic E-state index is 0.162. The Morgan fingerprint density at radius 3 is 2.85 bits per heavy atom. The van der Waals surface area contributed by atoms with Gasteiger partial charge < -0.3 is 13.9 Å². The first-order valence-electron chi connectivity index (χ1n) is 10.3. The molecule has 1 aliphatic rings. The molecule has 4 aromatic heterocycles. The van der Waals surface area contributed by atoms with Crippen molar-refractivity contribution in [3.05, 3.63) is 71.4 Å². The smallest absolute Gasteiger partial charge is 0.346 e. The molecule has 5 rings (SSSR count). The average molecular weight is 454 g/mol. The van der Waals surface area contributed by atoms with E-state index >= 15 is 0 Å². The first kappa shape index (κ1) is 21.1. The molecule has 0 saturated heterocycles. The Morgan fingerprint density at radius 2 is 2.12 bits per heavy atom. The summed E-state index contributed by atoms with van der Waals surface area (Å²) in [6.45, 7) is 1.23. The number of pyridine rings is 1. The Labute approximate surface area is 187 Å². The maximum Gasteiger partial charge on any atom is 0.346 e. The van der Waals surface area contributed by atoms with E-state index in [1.165, 1.54) is 18.6 Å². The summed E-state index contributed by atoms with van der Waals surface area (Å²) < 4.78 is 45.2. The van der Waals surface area contributed by atoms with Crippen LogP contribution >= 0.6 is 0 Å². The lowest BCUT2D eigenvalue weighted by Gasteiger charge is -2.20. The Morgan fingerprint density at radius 1 is 1.27 bits per heavy atom. The lowest BCUT2D eigenvalue weighted by atomic mass is 9.99. The van der Waals surface area contributed by atoms with Gasteiger partial charge in [0.1, 0.15) is 18.6 Å². The number of hydrogen-bond donors (Lipinski definition) is 0. The monoisotopic (exact) mass is 454 g/mol. The Balaban J connectivity index is 1.58. The number of halogens is 2. The van der Waals surface area contributed by atoms with Gasteiger partial charge in [-0.2, -0.15) is 19.0 Å². The van der Waals surface area contributed by atoms with Crippen molar-refractivity contribution in [2.75, 3.05) is 13.2 Å². The van der Waals surface area contributed by atoms with Crippen LogP contribution in [0.1, 0.15) is 40.3 Å². The van der Waals surface area contributed by atoms with Crippen molar-refractivity contribution < 1.29 is 27.5 Å². The number of nitrogens with zero attached hydrogens (tertiary/aromatic N) is 4. The second-order valence-corrected chi connectivity index (χ2v) is 7.68. The van der Waals surface area contributed by atoms with Crippen LogP contribution < -0.4 is 0 Å². The van der Waals surface area contributed by atoms with Crippen molar-refractivity contribution in [3.8, 4) is 11.1 Å². The molecule has 0 fully saturated rings. The number of aryl methyl sites for hydroxylation is 1. The molecule has 4 aromatic rings. The molecule has 0 saturated carbocycles. The topological polar surface area (TPSA) is 83.8 Å². The second-order valence-electron chi connectivity index (χ2n) is 7.68. The van der Waals surface area contributed by atoms with Gasteiger partial charge >= 0.3 is 12.5 Å².